The van der Waals surface area contributed by atoms with Crippen molar-refractivity contribution in [2.24, 2.45) is 5.92 Å². The summed E-state index contributed by atoms with van der Waals surface area (Å²) in [7, 11) is 0. The van der Waals surface area contributed by atoms with Crippen molar-refractivity contribution in [1.29, 1.82) is 0 Å². The highest BCUT2D eigenvalue weighted by Gasteiger charge is 2.16. The molecule has 5 nitrogen and oxygen atoms in total. The van der Waals surface area contributed by atoms with Crippen LogP contribution in [0, 0.1) is 5.92 Å². The highest BCUT2D eigenvalue weighted by atomic mass is 16.5. The summed E-state index contributed by atoms with van der Waals surface area (Å²) < 4.78 is 7.60. The second-order valence-electron chi connectivity index (χ2n) is 6.20. The monoisotopic (exact) mass is 293 g/mol. The summed E-state index contributed by atoms with van der Waals surface area (Å²) in [5, 5.41) is 7.21. The number of nitrogens with one attached hydrogen (secondary N) is 1. The first-order chi connectivity index (χ1) is 9.75. The molecule has 0 unspecified atom stereocenters. The minimum Gasteiger partial charge on any atom is -0.477 e. The topological polar surface area (TPSA) is 56.2 Å². The summed E-state index contributed by atoms with van der Waals surface area (Å²) in [6.07, 6.45) is 6.44. The van der Waals surface area contributed by atoms with Gasteiger partial charge >= 0.3 is 0 Å². The summed E-state index contributed by atoms with van der Waals surface area (Å²) in [5.74, 6) is 1.18. The predicted octanol–water partition coefficient (Wildman–Crippen LogP) is 2.87. The lowest BCUT2D eigenvalue weighted by atomic mass is 10.1. The van der Waals surface area contributed by atoms with Crippen LogP contribution in [0.1, 0.15) is 47.1 Å². The molecule has 1 rings (SSSR count). The van der Waals surface area contributed by atoms with E-state index in [1.165, 1.54) is 6.92 Å². The number of carbonyl (C=O) groups is 1. The molecule has 0 aliphatic heterocycles. The van der Waals surface area contributed by atoms with Crippen molar-refractivity contribution < 1.29 is 9.53 Å². The number of hydrogen-bond acceptors (Lipinski definition) is 3. The van der Waals surface area contributed by atoms with Gasteiger partial charge < -0.3 is 10.1 Å². The Balaban J connectivity index is 2.92. The molecule has 1 heterocycles. The summed E-state index contributed by atoms with van der Waals surface area (Å²) in [4.78, 5) is 11.2. The minimum absolute atomic E-state index is 0.0596. The number of carbonyl (C=O) groups excluding carboxylic acids is 1. The van der Waals surface area contributed by atoms with Gasteiger partial charge in [-0.2, -0.15) is 5.10 Å². The predicted molar refractivity (Wildman–Crippen MR) is 85.2 cm³/mol. The number of rotatable bonds is 7. The van der Waals surface area contributed by atoms with Crippen LogP contribution >= 0.6 is 0 Å². The maximum Gasteiger partial charge on any atom is 0.219 e. The van der Waals surface area contributed by atoms with Crippen LogP contribution in [-0.4, -0.2) is 27.8 Å². The van der Waals surface area contributed by atoms with E-state index in [-0.39, 0.29) is 5.91 Å². The van der Waals surface area contributed by atoms with Gasteiger partial charge in [0.1, 0.15) is 0 Å². The Labute approximate surface area is 127 Å². The number of nitrogens with zero attached hydrogens (tertiary/aromatic N) is 2. The average molecular weight is 293 g/mol. The molecule has 1 amide bonds. The summed E-state index contributed by atoms with van der Waals surface area (Å²) >= 11 is 0. The normalized spacial score (nSPS) is 12.1. The fourth-order valence-corrected chi connectivity index (χ4v) is 1.89. The van der Waals surface area contributed by atoms with Crippen molar-refractivity contribution in [3.8, 4) is 5.88 Å². The van der Waals surface area contributed by atoms with Crippen molar-refractivity contribution in [1.82, 2.24) is 15.1 Å². The third-order valence-corrected chi connectivity index (χ3v) is 2.89. The molecule has 21 heavy (non-hydrogen) atoms. The van der Waals surface area contributed by atoms with E-state index in [0.29, 0.717) is 12.5 Å². The second-order valence-corrected chi connectivity index (χ2v) is 6.20. The molecule has 0 radical (unpaired) electrons. The standard InChI is InChI=1S/C16H27N3O2/c1-7-14-10-17-19(15(14)21-11-12(2)3)9-8-16(5,6)18-13(4)20/h8-10,12H,7,11H2,1-6H3,(H,18,20). The maximum atomic E-state index is 11.2. The van der Waals surface area contributed by atoms with Gasteiger partial charge in [0, 0.05) is 18.7 Å². The third-order valence-electron chi connectivity index (χ3n) is 2.89. The van der Waals surface area contributed by atoms with Crippen LogP contribution in [-0.2, 0) is 11.2 Å². The molecular formula is C16H27N3O2. The van der Waals surface area contributed by atoms with Gasteiger partial charge in [0.15, 0.2) is 0 Å². The number of hydrogen-bond donors (Lipinski definition) is 1. The van der Waals surface area contributed by atoms with E-state index >= 15 is 0 Å². The fourth-order valence-electron chi connectivity index (χ4n) is 1.89. The SMILES string of the molecule is CCc1cnn(C=CC(C)(C)NC(C)=O)c1OCC(C)C. The molecule has 118 valence electrons. The van der Waals surface area contributed by atoms with Crippen LogP contribution in [0.15, 0.2) is 12.3 Å². The van der Waals surface area contributed by atoms with Gasteiger partial charge in [0.2, 0.25) is 11.8 Å². The van der Waals surface area contributed by atoms with Crippen LogP contribution in [0.3, 0.4) is 0 Å². The highest BCUT2D eigenvalue weighted by Crippen LogP contribution is 2.20. The van der Waals surface area contributed by atoms with E-state index < -0.39 is 5.54 Å². The van der Waals surface area contributed by atoms with Crippen molar-refractivity contribution in [3.05, 3.63) is 17.8 Å². The molecule has 1 N–H and O–H groups in total. The van der Waals surface area contributed by atoms with E-state index in [9.17, 15) is 4.79 Å². The quantitative estimate of drug-likeness (QED) is 0.841. The average Bonchev–Trinajstić information content (AvgIpc) is 2.74. The molecule has 0 saturated heterocycles. The Morgan fingerprint density at radius 1 is 1.52 bits per heavy atom. The number of aromatic nitrogens is 2. The minimum atomic E-state index is -0.431. The van der Waals surface area contributed by atoms with E-state index in [1.54, 1.807) is 4.68 Å². The molecule has 0 aliphatic rings. The van der Waals surface area contributed by atoms with Gasteiger partial charge in [0.05, 0.1) is 18.3 Å². The first-order valence-corrected chi connectivity index (χ1v) is 7.42. The summed E-state index contributed by atoms with van der Waals surface area (Å²) in [6, 6.07) is 0. The lowest BCUT2D eigenvalue weighted by Crippen LogP contribution is -2.40. The first kappa shape index (κ1) is 17.3. The van der Waals surface area contributed by atoms with Crippen LogP contribution in [0.4, 0.5) is 0 Å². The van der Waals surface area contributed by atoms with Gasteiger partial charge in [-0.25, -0.2) is 4.68 Å². The third kappa shape index (κ3) is 5.61. The Kier molecular flexibility index (Phi) is 6.00. The Hall–Kier alpha value is -1.78. The highest BCUT2D eigenvalue weighted by molar-refractivity contribution is 5.74. The zero-order valence-electron chi connectivity index (χ0n) is 13.9. The largest absolute Gasteiger partial charge is 0.477 e. The smallest absolute Gasteiger partial charge is 0.219 e. The van der Waals surface area contributed by atoms with Gasteiger partial charge in [0.25, 0.3) is 0 Å². The molecule has 1 aromatic rings. The molecule has 1 aromatic heterocycles. The zero-order chi connectivity index (χ0) is 16.0. The molecule has 0 aromatic carbocycles. The van der Waals surface area contributed by atoms with Crippen molar-refractivity contribution in [3.63, 3.8) is 0 Å². The van der Waals surface area contributed by atoms with Gasteiger partial charge in [-0.1, -0.05) is 20.8 Å². The summed E-state index contributed by atoms with van der Waals surface area (Å²) in [6.45, 7) is 12.3. The van der Waals surface area contributed by atoms with Crippen LogP contribution in [0.25, 0.3) is 6.20 Å². The van der Waals surface area contributed by atoms with Crippen LogP contribution < -0.4 is 10.1 Å². The van der Waals surface area contributed by atoms with E-state index in [0.717, 1.165) is 17.9 Å². The van der Waals surface area contributed by atoms with Gasteiger partial charge in [-0.05, 0) is 32.3 Å². The molecule has 0 aliphatic carbocycles. The van der Waals surface area contributed by atoms with Crippen molar-refractivity contribution in [2.45, 2.75) is 53.5 Å². The van der Waals surface area contributed by atoms with E-state index in [4.69, 9.17) is 4.74 Å². The molecule has 0 bridgehead atoms. The van der Waals surface area contributed by atoms with Gasteiger partial charge in [-0.3, -0.25) is 4.79 Å². The number of aryl methyl sites for hydroxylation is 1. The molecule has 0 atom stereocenters. The molecule has 0 fully saturated rings. The molecule has 0 spiro atoms. The molecular weight excluding hydrogens is 266 g/mol. The van der Waals surface area contributed by atoms with Crippen molar-refractivity contribution >= 4 is 12.1 Å². The fraction of sp³-hybridized carbons (Fsp3) is 0.625. The van der Waals surface area contributed by atoms with Crippen LogP contribution in [0.5, 0.6) is 5.88 Å². The summed E-state index contributed by atoms with van der Waals surface area (Å²) in [5.41, 5.74) is 0.650. The zero-order valence-corrected chi connectivity index (χ0v) is 13.9. The van der Waals surface area contributed by atoms with Gasteiger partial charge in [-0.15, -0.1) is 0 Å². The first-order valence-electron chi connectivity index (χ1n) is 7.42. The second kappa shape index (κ2) is 7.29. The Bertz CT molecular complexity index is 502. The molecule has 5 heteroatoms. The lowest BCUT2D eigenvalue weighted by Gasteiger charge is -2.21. The maximum absolute atomic E-state index is 11.2. The molecule has 0 saturated carbocycles. The lowest BCUT2D eigenvalue weighted by molar-refractivity contribution is -0.120. The van der Waals surface area contributed by atoms with Crippen LogP contribution in [0.2, 0.25) is 0 Å². The van der Waals surface area contributed by atoms with Crippen molar-refractivity contribution in [2.75, 3.05) is 6.61 Å². The number of amides is 1. The Morgan fingerprint density at radius 3 is 2.71 bits per heavy atom. The Morgan fingerprint density at radius 2 is 2.19 bits per heavy atom. The van der Waals surface area contributed by atoms with E-state index in [2.05, 4.69) is 31.2 Å². The van der Waals surface area contributed by atoms with E-state index in [1.807, 2.05) is 32.3 Å². The number of ether oxygens (including phenoxy) is 1.